The highest BCUT2D eigenvalue weighted by Gasteiger charge is 2.16. The maximum atomic E-state index is 4.59. The third kappa shape index (κ3) is 2.82. The summed E-state index contributed by atoms with van der Waals surface area (Å²) in [6.07, 6.45) is 5.67. The van der Waals surface area contributed by atoms with Crippen molar-refractivity contribution in [2.24, 2.45) is 0 Å². The molecule has 0 bridgehead atoms. The predicted octanol–water partition coefficient (Wildman–Crippen LogP) is 3.29. The third-order valence-electron chi connectivity index (χ3n) is 3.63. The molecule has 1 aliphatic carbocycles. The summed E-state index contributed by atoms with van der Waals surface area (Å²) in [6.45, 7) is 4.86. The van der Waals surface area contributed by atoms with Gasteiger partial charge in [-0.1, -0.05) is 6.92 Å². The minimum Gasteiger partial charge on any atom is -0.364 e. The number of rotatable bonds is 4. The smallest absolute Gasteiger partial charge is 0.133 e. The molecule has 0 fully saturated rings. The molecule has 106 valence electrons. The van der Waals surface area contributed by atoms with E-state index in [1.807, 2.05) is 6.92 Å². The summed E-state index contributed by atoms with van der Waals surface area (Å²) >= 11 is 1.73. The SMILES string of the molecule is CCc1nc(CNc2nc(C)nc3c2CCCC3)cs1. The molecule has 2 aromatic heterocycles. The Morgan fingerprint density at radius 1 is 1.20 bits per heavy atom. The molecule has 0 spiro atoms. The lowest BCUT2D eigenvalue weighted by atomic mass is 9.96. The molecule has 5 heteroatoms. The van der Waals surface area contributed by atoms with Crippen molar-refractivity contribution in [3.8, 4) is 0 Å². The van der Waals surface area contributed by atoms with Gasteiger partial charge in [-0.2, -0.15) is 0 Å². The molecule has 0 atom stereocenters. The summed E-state index contributed by atoms with van der Waals surface area (Å²) in [5, 5.41) is 6.79. The maximum absolute atomic E-state index is 4.59. The van der Waals surface area contributed by atoms with Crippen molar-refractivity contribution in [1.82, 2.24) is 15.0 Å². The molecule has 2 aromatic rings. The largest absolute Gasteiger partial charge is 0.364 e. The number of thiazole rings is 1. The molecule has 0 amide bonds. The van der Waals surface area contributed by atoms with Gasteiger partial charge in [0.25, 0.3) is 0 Å². The van der Waals surface area contributed by atoms with Crippen LogP contribution in [0.1, 0.15) is 47.5 Å². The van der Waals surface area contributed by atoms with Gasteiger partial charge in [0.05, 0.1) is 17.2 Å². The van der Waals surface area contributed by atoms with Gasteiger partial charge in [0.2, 0.25) is 0 Å². The summed E-state index contributed by atoms with van der Waals surface area (Å²) in [6, 6.07) is 0. The fraction of sp³-hybridized carbons (Fsp3) is 0.533. The van der Waals surface area contributed by atoms with Crippen molar-refractivity contribution >= 4 is 17.2 Å². The van der Waals surface area contributed by atoms with Gasteiger partial charge in [0.15, 0.2) is 0 Å². The zero-order valence-electron chi connectivity index (χ0n) is 12.1. The quantitative estimate of drug-likeness (QED) is 0.938. The first kappa shape index (κ1) is 13.5. The molecule has 1 N–H and O–H groups in total. The Morgan fingerprint density at radius 2 is 2.05 bits per heavy atom. The van der Waals surface area contributed by atoms with Crippen molar-refractivity contribution in [2.45, 2.75) is 52.5 Å². The summed E-state index contributed by atoms with van der Waals surface area (Å²) in [4.78, 5) is 13.8. The zero-order chi connectivity index (χ0) is 13.9. The van der Waals surface area contributed by atoms with E-state index < -0.39 is 0 Å². The fourth-order valence-electron chi connectivity index (χ4n) is 2.63. The standard InChI is InChI=1S/C15H20N4S/c1-3-14-19-11(9-20-14)8-16-15-12-6-4-5-7-13(12)17-10(2)18-15/h9H,3-8H2,1-2H3,(H,16,17,18). The van der Waals surface area contributed by atoms with Crippen LogP contribution >= 0.6 is 11.3 Å². The van der Waals surface area contributed by atoms with Gasteiger partial charge >= 0.3 is 0 Å². The van der Waals surface area contributed by atoms with E-state index in [1.165, 1.54) is 29.1 Å². The Kier molecular flexibility index (Phi) is 3.96. The van der Waals surface area contributed by atoms with Crippen molar-refractivity contribution in [1.29, 1.82) is 0 Å². The highest BCUT2D eigenvalue weighted by Crippen LogP contribution is 2.25. The van der Waals surface area contributed by atoms with Gasteiger partial charge in [-0.15, -0.1) is 11.3 Å². The van der Waals surface area contributed by atoms with Crippen LogP contribution in [0.5, 0.6) is 0 Å². The Balaban J connectivity index is 1.78. The second kappa shape index (κ2) is 5.87. The van der Waals surface area contributed by atoms with Crippen LogP contribution in [0, 0.1) is 6.92 Å². The van der Waals surface area contributed by atoms with Crippen LogP contribution in [0.4, 0.5) is 5.82 Å². The van der Waals surface area contributed by atoms with E-state index in [1.54, 1.807) is 11.3 Å². The summed E-state index contributed by atoms with van der Waals surface area (Å²) in [5.41, 5.74) is 3.65. The lowest BCUT2D eigenvalue weighted by Gasteiger charge is -2.18. The van der Waals surface area contributed by atoms with Crippen LogP contribution in [-0.4, -0.2) is 15.0 Å². The predicted molar refractivity (Wildman–Crippen MR) is 82.2 cm³/mol. The molecular weight excluding hydrogens is 268 g/mol. The van der Waals surface area contributed by atoms with Crippen LogP contribution in [0.3, 0.4) is 0 Å². The van der Waals surface area contributed by atoms with Gasteiger partial charge in [-0.3, -0.25) is 0 Å². The average molecular weight is 288 g/mol. The van der Waals surface area contributed by atoms with Gasteiger partial charge in [-0.05, 0) is 39.0 Å². The molecule has 0 saturated heterocycles. The van der Waals surface area contributed by atoms with Crippen molar-refractivity contribution < 1.29 is 0 Å². The molecule has 20 heavy (non-hydrogen) atoms. The van der Waals surface area contributed by atoms with Crippen LogP contribution in [0.2, 0.25) is 0 Å². The summed E-state index contributed by atoms with van der Waals surface area (Å²) < 4.78 is 0. The molecular formula is C15H20N4S. The minimum atomic E-state index is 0.749. The molecule has 0 unspecified atom stereocenters. The highest BCUT2D eigenvalue weighted by atomic mass is 32.1. The molecule has 3 rings (SSSR count). The first-order chi connectivity index (χ1) is 9.76. The minimum absolute atomic E-state index is 0.749. The van der Waals surface area contributed by atoms with E-state index in [4.69, 9.17) is 0 Å². The summed E-state index contributed by atoms with van der Waals surface area (Å²) in [5.74, 6) is 1.87. The molecule has 0 saturated carbocycles. The highest BCUT2D eigenvalue weighted by molar-refractivity contribution is 7.09. The van der Waals surface area contributed by atoms with Crippen molar-refractivity contribution in [3.63, 3.8) is 0 Å². The number of fused-ring (bicyclic) bond motifs is 1. The van der Waals surface area contributed by atoms with Crippen LogP contribution < -0.4 is 5.32 Å². The second-order valence-corrected chi connectivity index (χ2v) is 6.13. The van der Waals surface area contributed by atoms with Crippen molar-refractivity contribution in [3.05, 3.63) is 33.2 Å². The molecule has 0 aliphatic heterocycles. The van der Waals surface area contributed by atoms with E-state index in [-0.39, 0.29) is 0 Å². The van der Waals surface area contributed by atoms with Gasteiger partial charge in [0.1, 0.15) is 11.6 Å². The monoisotopic (exact) mass is 288 g/mol. The Morgan fingerprint density at radius 3 is 2.85 bits per heavy atom. The number of anilines is 1. The summed E-state index contributed by atoms with van der Waals surface area (Å²) in [7, 11) is 0. The lowest BCUT2D eigenvalue weighted by molar-refractivity contribution is 0.659. The first-order valence-corrected chi connectivity index (χ1v) is 8.17. The zero-order valence-corrected chi connectivity index (χ0v) is 12.9. The fourth-order valence-corrected chi connectivity index (χ4v) is 3.38. The number of hydrogen-bond acceptors (Lipinski definition) is 5. The maximum Gasteiger partial charge on any atom is 0.133 e. The normalized spacial score (nSPS) is 14.1. The second-order valence-electron chi connectivity index (χ2n) is 5.19. The van der Waals surface area contributed by atoms with E-state index in [2.05, 4.69) is 32.6 Å². The molecule has 4 nitrogen and oxygen atoms in total. The molecule has 2 heterocycles. The molecule has 1 aliphatic rings. The van der Waals surface area contributed by atoms with E-state index in [0.29, 0.717) is 0 Å². The Bertz CT molecular complexity index is 606. The van der Waals surface area contributed by atoms with Crippen LogP contribution in [0.25, 0.3) is 0 Å². The molecule has 0 radical (unpaired) electrons. The lowest BCUT2D eigenvalue weighted by Crippen LogP contribution is -2.13. The Labute approximate surface area is 123 Å². The molecule has 0 aromatic carbocycles. The van der Waals surface area contributed by atoms with E-state index in [0.717, 1.165) is 43.1 Å². The van der Waals surface area contributed by atoms with E-state index in [9.17, 15) is 0 Å². The number of aryl methyl sites for hydroxylation is 3. The van der Waals surface area contributed by atoms with Crippen LogP contribution in [-0.2, 0) is 25.8 Å². The number of hydrogen-bond donors (Lipinski definition) is 1. The first-order valence-electron chi connectivity index (χ1n) is 7.30. The van der Waals surface area contributed by atoms with Crippen molar-refractivity contribution in [2.75, 3.05) is 5.32 Å². The average Bonchev–Trinajstić information content (AvgIpc) is 2.92. The van der Waals surface area contributed by atoms with Crippen LogP contribution in [0.15, 0.2) is 5.38 Å². The third-order valence-corrected chi connectivity index (χ3v) is 4.68. The Hall–Kier alpha value is -1.49. The van der Waals surface area contributed by atoms with Gasteiger partial charge in [0, 0.05) is 16.6 Å². The number of aromatic nitrogens is 3. The number of nitrogens with zero attached hydrogens (tertiary/aromatic N) is 3. The van der Waals surface area contributed by atoms with E-state index >= 15 is 0 Å². The van der Waals surface area contributed by atoms with Gasteiger partial charge in [-0.25, -0.2) is 15.0 Å². The van der Waals surface area contributed by atoms with Gasteiger partial charge < -0.3 is 5.32 Å². The topological polar surface area (TPSA) is 50.7 Å². The number of nitrogens with one attached hydrogen (secondary N) is 1.